The molecule has 3 aromatic carbocycles. The summed E-state index contributed by atoms with van der Waals surface area (Å²) in [7, 11) is -1.27. The quantitative estimate of drug-likeness (QED) is 0.481. The van der Waals surface area contributed by atoms with Gasteiger partial charge in [0.15, 0.2) is 0 Å². The Labute approximate surface area is 140 Å². The lowest BCUT2D eigenvalue weighted by Crippen LogP contribution is -2.47. The molecule has 0 unspecified atom stereocenters. The molecule has 0 N–H and O–H groups in total. The van der Waals surface area contributed by atoms with Gasteiger partial charge in [0.05, 0.1) is 0 Å². The molecule has 1 radical (unpaired) electrons. The van der Waals surface area contributed by atoms with Crippen LogP contribution in [0.1, 0.15) is 0 Å². The van der Waals surface area contributed by atoms with Gasteiger partial charge in [0.25, 0.3) is 0 Å². The maximum absolute atomic E-state index is 6.36. The van der Waals surface area contributed by atoms with Gasteiger partial charge < -0.3 is 4.43 Å². The molecule has 3 rings (SSSR count). The Morgan fingerprint density at radius 2 is 1.24 bits per heavy atom. The molecular formula is C18H14IOSi. The van der Waals surface area contributed by atoms with Gasteiger partial charge in [-0.2, -0.15) is 0 Å². The Hall–Kier alpha value is -1.59. The first-order chi connectivity index (χ1) is 10.3. The smallest absolute Gasteiger partial charge is 0.352 e. The normalized spacial score (nSPS) is 10.6. The minimum Gasteiger partial charge on any atom is -0.533 e. The van der Waals surface area contributed by atoms with Crippen LogP contribution in [-0.2, 0) is 0 Å². The van der Waals surface area contributed by atoms with Crippen LogP contribution in [0.3, 0.4) is 0 Å². The van der Waals surface area contributed by atoms with Gasteiger partial charge in [-0.05, 0) is 51.2 Å². The lowest BCUT2D eigenvalue weighted by Gasteiger charge is -2.17. The van der Waals surface area contributed by atoms with Crippen molar-refractivity contribution >= 4 is 42.0 Å². The van der Waals surface area contributed by atoms with Crippen molar-refractivity contribution < 1.29 is 4.43 Å². The number of hydrogen-bond donors (Lipinski definition) is 0. The van der Waals surface area contributed by atoms with Crippen LogP contribution < -0.4 is 14.8 Å². The van der Waals surface area contributed by atoms with Crippen molar-refractivity contribution in [1.29, 1.82) is 0 Å². The second kappa shape index (κ2) is 6.91. The maximum atomic E-state index is 6.36. The molecule has 0 amide bonds. The van der Waals surface area contributed by atoms with E-state index < -0.39 is 9.04 Å². The van der Waals surface area contributed by atoms with Gasteiger partial charge >= 0.3 is 9.04 Å². The highest BCUT2D eigenvalue weighted by Gasteiger charge is 2.21. The average Bonchev–Trinajstić information content (AvgIpc) is 2.54. The second-order valence-corrected chi connectivity index (χ2v) is 7.88. The van der Waals surface area contributed by atoms with E-state index in [4.69, 9.17) is 4.43 Å². The van der Waals surface area contributed by atoms with Crippen LogP contribution in [0.25, 0.3) is 0 Å². The van der Waals surface area contributed by atoms with Gasteiger partial charge in [-0.25, -0.2) is 0 Å². The Morgan fingerprint density at radius 1 is 0.667 bits per heavy atom. The zero-order valence-corrected chi connectivity index (χ0v) is 14.5. The van der Waals surface area contributed by atoms with E-state index in [0.29, 0.717) is 0 Å². The molecule has 0 saturated heterocycles. The molecule has 0 bridgehead atoms. The van der Waals surface area contributed by atoms with Crippen LogP contribution in [0, 0.1) is 3.57 Å². The molecule has 1 nitrogen and oxygen atoms in total. The fraction of sp³-hybridized carbons (Fsp3) is 0. The van der Waals surface area contributed by atoms with Crippen LogP contribution in [-0.4, -0.2) is 9.04 Å². The third-order valence-electron chi connectivity index (χ3n) is 3.09. The van der Waals surface area contributed by atoms with Crippen LogP contribution in [0.5, 0.6) is 5.75 Å². The van der Waals surface area contributed by atoms with Crippen LogP contribution in [0.4, 0.5) is 0 Å². The van der Waals surface area contributed by atoms with Crippen molar-refractivity contribution in [2.24, 2.45) is 0 Å². The number of benzene rings is 3. The average molecular weight is 401 g/mol. The summed E-state index contributed by atoms with van der Waals surface area (Å²) in [6.45, 7) is 0. The summed E-state index contributed by atoms with van der Waals surface area (Å²) in [4.78, 5) is 0. The SMILES string of the molecule is Ic1cccc(O[Si](c2ccccc2)c2ccccc2)c1. The molecule has 0 saturated carbocycles. The second-order valence-electron chi connectivity index (χ2n) is 4.62. The van der Waals surface area contributed by atoms with Crippen molar-refractivity contribution in [1.82, 2.24) is 0 Å². The Morgan fingerprint density at radius 3 is 1.76 bits per heavy atom. The fourth-order valence-corrected chi connectivity index (χ4v) is 4.55. The van der Waals surface area contributed by atoms with Crippen LogP contribution in [0.2, 0.25) is 0 Å². The zero-order valence-electron chi connectivity index (χ0n) is 11.4. The van der Waals surface area contributed by atoms with Gasteiger partial charge in [0.2, 0.25) is 0 Å². The van der Waals surface area contributed by atoms with Gasteiger partial charge in [-0.1, -0.05) is 66.7 Å². The molecule has 103 valence electrons. The summed E-state index contributed by atoms with van der Waals surface area (Å²) >= 11 is 2.31. The standard InChI is InChI=1S/C18H14IOSi/c19-15-8-7-9-16(14-15)20-21(17-10-3-1-4-11-17)18-12-5-2-6-13-18/h1-14H. The minimum atomic E-state index is -1.27. The third kappa shape index (κ3) is 3.74. The van der Waals surface area contributed by atoms with Crippen molar-refractivity contribution in [2.45, 2.75) is 0 Å². The number of rotatable bonds is 4. The molecule has 0 heterocycles. The van der Waals surface area contributed by atoms with Gasteiger partial charge in [-0.15, -0.1) is 0 Å². The minimum absolute atomic E-state index is 0.934. The first-order valence-corrected chi connectivity index (χ1v) is 9.23. The van der Waals surface area contributed by atoms with E-state index in [1.807, 2.05) is 24.3 Å². The van der Waals surface area contributed by atoms with E-state index in [9.17, 15) is 0 Å². The van der Waals surface area contributed by atoms with E-state index in [2.05, 4.69) is 83.3 Å². The van der Waals surface area contributed by atoms with Gasteiger partial charge in [0, 0.05) is 3.57 Å². The van der Waals surface area contributed by atoms with Crippen molar-refractivity contribution in [3.63, 3.8) is 0 Å². The molecule has 0 atom stereocenters. The van der Waals surface area contributed by atoms with Crippen molar-refractivity contribution in [3.8, 4) is 5.75 Å². The number of hydrogen-bond acceptors (Lipinski definition) is 1. The predicted molar refractivity (Wildman–Crippen MR) is 97.7 cm³/mol. The maximum Gasteiger partial charge on any atom is 0.352 e. The van der Waals surface area contributed by atoms with E-state index in [-0.39, 0.29) is 0 Å². The summed E-state index contributed by atoms with van der Waals surface area (Å²) in [5, 5.41) is 2.51. The molecule has 21 heavy (non-hydrogen) atoms. The molecule has 3 heteroatoms. The predicted octanol–water partition coefficient (Wildman–Crippen LogP) is 3.48. The van der Waals surface area contributed by atoms with E-state index in [1.165, 1.54) is 13.9 Å². The summed E-state index contributed by atoms with van der Waals surface area (Å²) in [5.41, 5.74) is 0. The first-order valence-electron chi connectivity index (χ1n) is 6.74. The highest BCUT2D eigenvalue weighted by Crippen LogP contribution is 2.15. The summed E-state index contributed by atoms with van der Waals surface area (Å²) in [5.74, 6) is 0.934. The summed E-state index contributed by atoms with van der Waals surface area (Å²) in [6, 6.07) is 29.2. The summed E-state index contributed by atoms with van der Waals surface area (Å²) in [6.07, 6.45) is 0. The topological polar surface area (TPSA) is 9.23 Å². The van der Waals surface area contributed by atoms with E-state index in [1.54, 1.807) is 0 Å². The Bertz CT molecular complexity index is 661. The molecule has 0 spiro atoms. The molecule has 0 fully saturated rings. The molecule has 0 aliphatic heterocycles. The summed E-state index contributed by atoms with van der Waals surface area (Å²) < 4.78 is 7.55. The van der Waals surface area contributed by atoms with Crippen molar-refractivity contribution in [2.75, 3.05) is 0 Å². The Kier molecular flexibility index (Phi) is 4.72. The van der Waals surface area contributed by atoms with Crippen LogP contribution >= 0.6 is 22.6 Å². The molecular weight excluding hydrogens is 387 g/mol. The third-order valence-corrected chi connectivity index (χ3v) is 5.91. The molecule has 0 aliphatic rings. The fourth-order valence-electron chi connectivity index (χ4n) is 2.11. The highest BCUT2D eigenvalue weighted by atomic mass is 127. The first kappa shape index (κ1) is 14.3. The lowest BCUT2D eigenvalue weighted by molar-refractivity contribution is 0.591. The van der Waals surface area contributed by atoms with Crippen LogP contribution in [0.15, 0.2) is 84.9 Å². The highest BCUT2D eigenvalue weighted by molar-refractivity contribution is 14.1. The molecule has 0 aliphatic carbocycles. The molecule has 0 aromatic heterocycles. The van der Waals surface area contributed by atoms with E-state index >= 15 is 0 Å². The number of halogens is 1. The Balaban J connectivity index is 1.97. The van der Waals surface area contributed by atoms with E-state index in [0.717, 1.165) is 5.75 Å². The van der Waals surface area contributed by atoms with Crippen molar-refractivity contribution in [3.05, 3.63) is 88.5 Å². The molecule has 3 aromatic rings. The monoisotopic (exact) mass is 401 g/mol. The van der Waals surface area contributed by atoms with Gasteiger partial charge in [0.1, 0.15) is 5.75 Å². The largest absolute Gasteiger partial charge is 0.533 e. The lowest BCUT2D eigenvalue weighted by atomic mass is 10.3. The van der Waals surface area contributed by atoms with Gasteiger partial charge in [-0.3, -0.25) is 0 Å². The zero-order chi connectivity index (χ0) is 14.5.